The summed E-state index contributed by atoms with van der Waals surface area (Å²) in [5, 5.41) is 3.60. The van der Waals surface area contributed by atoms with Gasteiger partial charge in [0.05, 0.1) is 18.3 Å². The van der Waals surface area contributed by atoms with Gasteiger partial charge in [-0.1, -0.05) is 6.92 Å². The molecule has 0 saturated carbocycles. The van der Waals surface area contributed by atoms with E-state index in [9.17, 15) is 0 Å². The number of likely N-dealkylation sites (N-methyl/N-ethyl adjacent to an activating group) is 1. The summed E-state index contributed by atoms with van der Waals surface area (Å²) in [5.41, 5.74) is 0. The van der Waals surface area contributed by atoms with Crippen molar-refractivity contribution in [2.24, 2.45) is 0 Å². The fourth-order valence-corrected chi connectivity index (χ4v) is 3.25. The normalized spacial score (nSPS) is 34.0. The van der Waals surface area contributed by atoms with Gasteiger partial charge in [0, 0.05) is 12.6 Å². The molecule has 2 rings (SSSR count). The Kier molecular flexibility index (Phi) is 5.93. The lowest BCUT2D eigenvalue weighted by atomic mass is 9.99. The first-order chi connectivity index (χ1) is 8.79. The minimum absolute atomic E-state index is 0.435. The van der Waals surface area contributed by atoms with Crippen molar-refractivity contribution < 1.29 is 9.47 Å². The molecule has 3 heteroatoms. The molecule has 0 aromatic rings. The molecule has 0 aliphatic carbocycles. The maximum atomic E-state index is 6.00. The van der Waals surface area contributed by atoms with Crippen LogP contribution in [-0.2, 0) is 9.47 Å². The molecule has 4 unspecified atom stereocenters. The Morgan fingerprint density at radius 2 is 2.17 bits per heavy atom. The zero-order valence-electron chi connectivity index (χ0n) is 12.0. The van der Waals surface area contributed by atoms with Crippen LogP contribution in [0.4, 0.5) is 0 Å². The number of hydrogen-bond acceptors (Lipinski definition) is 3. The third-order valence-corrected chi connectivity index (χ3v) is 4.25. The lowest BCUT2D eigenvalue weighted by Gasteiger charge is -2.25. The van der Waals surface area contributed by atoms with Crippen LogP contribution in [0, 0.1) is 0 Å². The summed E-state index contributed by atoms with van der Waals surface area (Å²) in [4.78, 5) is 0. The van der Waals surface area contributed by atoms with Gasteiger partial charge in [-0.3, -0.25) is 0 Å². The van der Waals surface area contributed by atoms with Crippen molar-refractivity contribution in [3.8, 4) is 0 Å². The first kappa shape index (κ1) is 14.3. The molecule has 2 saturated heterocycles. The maximum absolute atomic E-state index is 6.00. The second-order valence-corrected chi connectivity index (χ2v) is 5.79. The SMILES string of the molecule is CCNC(CCCC1CCCO1)C1CCC(C)O1. The molecule has 0 aromatic heterocycles. The van der Waals surface area contributed by atoms with E-state index in [1.165, 1.54) is 44.9 Å². The topological polar surface area (TPSA) is 30.5 Å². The highest BCUT2D eigenvalue weighted by Crippen LogP contribution is 2.25. The van der Waals surface area contributed by atoms with Gasteiger partial charge in [0.15, 0.2) is 0 Å². The molecule has 4 atom stereocenters. The quantitative estimate of drug-likeness (QED) is 0.759. The smallest absolute Gasteiger partial charge is 0.0732 e. The summed E-state index contributed by atoms with van der Waals surface area (Å²) < 4.78 is 11.7. The summed E-state index contributed by atoms with van der Waals surface area (Å²) >= 11 is 0. The van der Waals surface area contributed by atoms with E-state index >= 15 is 0 Å². The van der Waals surface area contributed by atoms with Gasteiger partial charge >= 0.3 is 0 Å². The lowest BCUT2D eigenvalue weighted by molar-refractivity contribution is 0.0283. The summed E-state index contributed by atoms with van der Waals surface area (Å²) in [5.74, 6) is 0. The average Bonchev–Trinajstić information content (AvgIpc) is 2.99. The molecule has 3 nitrogen and oxygen atoms in total. The van der Waals surface area contributed by atoms with Crippen LogP contribution < -0.4 is 5.32 Å². The van der Waals surface area contributed by atoms with E-state index in [2.05, 4.69) is 19.2 Å². The van der Waals surface area contributed by atoms with Gasteiger partial charge in [0.25, 0.3) is 0 Å². The number of rotatable bonds is 7. The van der Waals surface area contributed by atoms with E-state index in [-0.39, 0.29) is 0 Å². The van der Waals surface area contributed by atoms with Crippen LogP contribution in [0.3, 0.4) is 0 Å². The molecular weight excluding hydrogens is 226 g/mol. The van der Waals surface area contributed by atoms with Gasteiger partial charge in [-0.05, 0) is 58.4 Å². The van der Waals surface area contributed by atoms with E-state index in [4.69, 9.17) is 9.47 Å². The van der Waals surface area contributed by atoms with Crippen molar-refractivity contribution in [3.63, 3.8) is 0 Å². The maximum Gasteiger partial charge on any atom is 0.0732 e. The molecule has 2 aliphatic heterocycles. The number of ether oxygens (including phenoxy) is 2. The molecule has 0 spiro atoms. The minimum Gasteiger partial charge on any atom is -0.378 e. The number of hydrogen-bond donors (Lipinski definition) is 1. The fourth-order valence-electron chi connectivity index (χ4n) is 3.25. The molecule has 2 fully saturated rings. The Morgan fingerprint density at radius 1 is 1.28 bits per heavy atom. The van der Waals surface area contributed by atoms with Gasteiger partial charge in [-0.2, -0.15) is 0 Å². The van der Waals surface area contributed by atoms with Crippen molar-refractivity contribution >= 4 is 0 Å². The fraction of sp³-hybridized carbons (Fsp3) is 1.00. The van der Waals surface area contributed by atoms with Crippen molar-refractivity contribution in [1.29, 1.82) is 0 Å². The Morgan fingerprint density at radius 3 is 2.78 bits per heavy atom. The van der Waals surface area contributed by atoms with Crippen LogP contribution in [0.25, 0.3) is 0 Å². The van der Waals surface area contributed by atoms with Crippen molar-refractivity contribution in [2.75, 3.05) is 13.2 Å². The Labute approximate surface area is 112 Å². The number of nitrogens with one attached hydrogen (secondary N) is 1. The molecule has 2 heterocycles. The summed E-state index contributed by atoms with van der Waals surface area (Å²) in [6.07, 6.45) is 10.1. The molecule has 1 N–H and O–H groups in total. The molecular formula is C15H29NO2. The van der Waals surface area contributed by atoms with Crippen molar-refractivity contribution in [3.05, 3.63) is 0 Å². The monoisotopic (exact) mass is 255 g/mol. The zero-order valence-corrected chi connectivity index (χ0v) is 12.0. The zero-order chi connectivity index (χ0) is 12.8. The van der Waals surface area contributed by atoms with Crippen LogP contribution >= 0.6 is 0 Å². The van der Waals surface area contributed by atoms with Crippen molar-refractivity contribution in [1.82, 2.24) is 5.32 Å². The highest BCUT2D eigenvalue weighted by atomic mass is 16.5. The second-order valence-electron chi connectivity index (χ2n) is 5.79. The van der Waals surface area contributed by atoms with E-state index in [1.807, 2.05) is 0 Å². The lowest BCUT2D eigenvalue weighted by Crippen LogP contribution is -2.39. The summed E-state index contributed by atoms with van der Waals surface area (Å²) in [7, 11) is 0. The van der Waals surface area contributed by atoms with Crippen LogP contribution in [0.1, 0.15) is 58.8 Å². The Balaban J connectivity index is 1.68. The van der Waals surface area contributed by atoms with E-state index in [0.29, 0.717) is 24.4 Å². The average molecular weight is 255 g/mol. The molecule has 2 aliphatic rings. The third kappa shape index (κ3) is 4.22. The van der Waals surface area contributed by atoms with Gasteiger partial charge in [0.1, 0.15) is 0 Å². The molecule has 18 heavy (non-hydrogen) atoms. The highest BCUT2D eigenvalue weighted by Gasteiger charge is 2.29. The third-order valence-electron chi connectivity index (χ3n) is 4.25. The Bertz CT molecular complexity index is 229. The molecule has 0 amide bonds. The molecule has 0 bridgehead atoms. The summed E-state index contributed by atoms with van der Waals surface area (Å²) in [6.45, 7) is 6.39. The standard InChI is InChI=1S/C15H29NO2/c1-3-16-14(15-10-9-12(2)18-15)8-4-6-13-7-5-11-17-13/h12-16H,3-11H2,1-2H3. The highest BCUT2D eigenvalue weighted by molar-refractivity contribution is 4.83. The molecule has 0 aromatic carbocycles. The summed E-state index contributed by atoms with van der Waals surface area (Å²) in [6, 6.07) is 0.543. The van der Waals surface area contributed by atoms with E-state index in [0.717, 1.165) is 13.2 Å². The van der Waals surface area contributed by atoms with Gasteiger partial charge in [0.2, 0.25) is 0 Å². The minimum atomic E-state index is 0.435. The predicted octanol–water partition coefficient (Wildman–Crippen LogP) is 2.88. The second kappa shape index (κ2) is 7.46. The van der Waals surface area contributed by atoms with Crippen LogP contribution in [-0.4, -0.2) is 37.5 Å². The van der Waals surface area contributed by atoms with Gasteiger partial charge in [-0.15, -0.1) is 0 Å². The first-order valence-electron chi connectivity index (χ1n) is 7.80. The van der Waals surface area contributed by atoms with Gasteiger partial charge < -0.3 is 14.8 Å². The first-order valence-corrected chi connectivity index (χ1v) is 7.80. The van der Waals surface area contributed by atoms with Crippen LogP contribution in [0.5, 0.6) is 0 Å². The largest absolute Gasteiger partial charge is 0.378 e. The van der Waals surface area contributed by atoms with E-state index in [1.54, 1.807) is 0 Å². The van der Waals surface area contributed by atoms with Gasteiger partial charge in [-0.25, -0.2) is 0 Å². The van der Waals surface area contributed by atoms with Crippen LogP contribution in [0.15, 0.2) is 0 Å². The Hall–Kier alpha value is -0.120. The van der Waals surface area contributed by atoms with E-state index < -0.39 is 0 Å². The molecule has 0 radical (unpaired) electrons. The molecule has 106 valence electrons. The van der Waals surface area contributed by atoms with Crippen molar-refractivity contribution in [2.45, 2.75) is 83.1 Å². The predicted molar refractivity (Wildman–Crippen MR) is 73.9 cm³/mol. The van der Waals surface area contributed by atoms with Crippen LogP contribution in [0.2, 0.25) is 0 Å².